The van der Waals surface area contributed by atoms with Gasteiger partial charge in [-0.2, -0.15) is 0 Å². The molecular formula is C13H19NO. The maximum Gasteiger partial charge on any atom is 0.123 e. The van der Waals surface area contributed by atoms with E-state index in [9.17, 15) is 0 Å². The van der Waals surface area contributed by atoms with Crippen LogP contribution < -0.4 is 10.5 Å². The first-order valence-electron chi connectivity index (χ1n) is 5.53. The van der Waals surface area contributed by atoms with Gasteiger partial charge in [0.15, 0.2) is 0 Å². The zero-order valence-electron chi connectivity index (χ0n) is 9.66. The molecule has 0 saturated heterocycles. The van der Waals surface area contributed by atoms with E-state index in [-0.39, 0.29) is 6.04 Å². The van der Waals surface area contributed by atoms with Gasteiger partial charge in [-0.1, -0.05) is 24.6 Å². The number of benzene rings is 1. The van der Waals surface area contributed by atoms with Crippen molar-refractivity contribution >= 4 is 0 Å². The van der Waals surface area contributed by atoms with Crippen LogP contribution in [0.2, 0.25) is 0 Å². The standard InChI is InChI=1S/C13H19NO/c1-8-4-5-12(15-3)11(6-8)13(14)10-7-9(10)2/h4-6,9-10,13H,7,14H2,1-3H3. The summed E-state index contributed by atoms with van der Waals surface area (Å²) in [6.07, 6.45) is 1.25. The van der Waals surface area contributed by atoms with Gasteiger partial charge in [-0.15, -0.1) is 0 Å². The van der Waals surface area contributed by atoms with E-state index in [0.717, 1.165) is 17.2 Å². The molecule has 1 aromatic rings. The predicted octanol–water partition coefficient (Wildman–Crippen LogP) is 2.66. The van der Waals surface area contributed by atoms with Crippen molar-refractivity contribution < 1.29 is 4.74 Å². The van der Waals surface area contributed by atoms with Gasteiger partial charge in [0.2, 0.25) is 0 Å². The maximum absolute atomic E-state index is 6.26. The fourth-order valence-electron chi connectivity index (χ4n) is 2.20. The number of rotatable bonds is 3. The van der Waals surface area contributed by atoms with Crippen molar-refractivity contribution in [1.82, 2.24) is 0 Å². The van der Waals surface area contributed by atoms with E-state index in [2.05, 4.69) is 26.0 Å². The summed E-state index contributed by atoms with van der Waals surface area (Å²) in [6.45, 7) is 4.35. The number of methoxy groups -OCH3 is 1. The molecule has 3 atom stereocenters. The fourth-order valence-corrected chi connectivity index (χ4v) is 2.20. The smallest absolute Gasteiger partial charge is 0.123 e. The first kappa shape index (κ1) is 10.5. The lowest BCUT2D eigenvalue weighted by Crippen LogP contribution is -2.14. The molecule has 0 spiro atoms. The minimum absolute atomic E-state index is 0.134. The second-order valence-electron chi connectivity index (χ2n) is 4.65. The van der Waals surface area contributed by atoms with E-state index < -0.39 is 0 Å². The van der Waals surface area contributed by atoms with Crippen molar-refractivity contribution in [2.45, 2.75) is 26.3 Å². The topological polar surface area (TPSA) is 35.2 Å². The van der Waals surface area contributed by atoms with Crippen LogP contribution in [0.3, 0.4) is 0 Å². The second-order valence-corrected chi connectivity index (χ2v) is 4.65. The molecule has 2 N–H and O–H groups in total. The first-order valence-corrected chi connectivity index (χ1v) is 5.53. The van der Waals surface area contributed by atoms with E-state index in [4.69, 9.17) is 10.5 Å². The van der Waals surface area contributed by atoms with Crippen molar-refractivity contribution in [2.24, 2.45) is 17.6 Å². The van der Waals surface area contributed by atoms with Gasteiger partial charge in [-0.3, -0.25) is 0 Å². The van der Waals surface area contributed by atoms with Crippen LogP contribution in [0.15, 0.2) is 18.2 Å². The Bertz CT molecular complexity index is 362. The zero-order valence-corrected chi connectivity index (χ0v) is 9.66. The van der Waals surface area contributed by atoms with Crippen LogP contribution in [0.5, 0.6) is 5.75 Å². The summed E-state index contributed by atoms with van der Waals surface area (Å²) in [5.74, 6) is 2.33. The van der Waals surface area contributed by atoms with E-state index in [1.807, 2.05) is 6.07 Å². The third-order valence-electron chi connectivity index (χ3n) is 3.38. The Kier molecular flexibility index (Phi) is 2.70. The zero-order chi connectivity index (χ0) is 11.0. The molecule has 2 nitrogen and oxygen atoms in total. The summed E-state index contributed by atoms with van der Waals surface area (Å²) < 4.78 is 5.35. The quantitative estimate of drug-likeness (QED) is 0.823. The van der Waals surface area contributed by atoms with Gasteiger partial charge in [0.05, 0.1) is 7.11 Å². The van der Waals surface area contributed by atoms with Crippen LogP contribution in [-0.2, 0) is 0 Å². The van der Waals surface area contributed by atoms with Crippen LogP contribution in [0.25, 0.3) is 0 Å². The van der Waals surface area contributed by atoms with Crippen LogP contribution >= 0.6 is 0 Å². The van der Waals surface area contributed by atoms with Crippen LogP contribution in [0.1, 0.15) is 30.5 Å². The molecule has 1 aromatic carbocycles. The molecule has 0 heterocycles. The van der Waals surface area contributed by atoms with Crippen molar-refractivity contribution in [3.05, 3.63) is 29.3 Å². The Hall–Kier alpha value is -1.02. The van der Waals surface area contributed by atoms with Crippen LogP contribution in [0.4, 0.5) is 0 Å². The highest BCUT2D eigenvalue weighted by molar-refractivity contribution is 5.39. The van der Waals surface area contributed by atoms with E-state index >= 15 is 0 Å². The molecule has 0 bridgehead atoms. The predicted molar refractivity (Wildman–Crippen MR) is 61.9 cm³/mol. The molecule has 0 radical (unpaired) electrons. The Balaban J connectivity index is 2.28. The molecule has 1 aliphatic rings. The monoisotopic (exact) mass is 205 g/mol. The minimum atomic E-state index is 0.134. The maximum atomic E-state index is 6.26. The molecule has 1 aliphatic carbocycles. The van der Waals surface area contributed by atoms with Crippen LogP contribution in [-0.4, -0.2) is 7.11 Å². The summed E-state index contributed by atoms with van der Waals surface area (Å²) in [5.41, 5.74) is 8.66. The minimum Gasteiger partial charge on any atom is -0.496 e. The van der Waals surface area contributed by atoms with Gasteiger partial charge >= 0.3 is 0 Å². The highest BCUT2D eigenvalue weighted by Crippen LogP contribution is 2.47. The summed E-state index contributed by atoms with van der Waals surface area (Å²) in [7, 11) is 1.71. The molecule has 82 valence electrons. The van der Waals surface area contributed by atoms with Crippen molar-refractivity contribution in [3.8, 4) is 5.75 Å². The summed E-state index contributed by atoms with van der Waals surface area (Å²) in [6, 6.07) is 6.35. The van der Waals surface area contributed by atoms with E-state index in [1.165, 1.54) is 12.0 Å². The fraction of sp³-hybridized carbons (Fsp3) is 0.538. The van der Waals surface area contributed by atoms with Gasteiger partial charge in [0, 0.05) is 11.6 Å². The second kappa shape index (κ2) is 3.86. The molecule has 0 amide bonds. The summed E-state index contributed by atoms with van der Waals surface area (Å²) in [4.78, 5) is 0. The third-order valence-corrected chi connectivity index (χ3v) is 3.38. The first-order chi connectivity index (χ1) is 7.13. The lowest BCUT2D eigenvalue weighted by atomic mass is 9.99. The number of nitrogens with two attached hydrogens (primary N) is 1. The van der Waals surface area contributed by atoms with Crippen molar-refractivity contribution in [3.63, 3.8) is 0 Å². The summed E-state index contributed by atoms with van der Waals surface area (Å²) >= 11 is 0. The Morgan fingerprint density at radius 2 is 2.13 bits per heavy atom. The normalized spacial score (nSPS) is 26.1. The van der Waals surface area contributed by atoms with Gasteiger partial charge in [-0.25, -0.2) is 0 Å². The lowest BCUT2D eigenvalue weighted by molar-refractivity contribution is 0.401. The van der Waals surface area contributed by atoms with Crippen LogP contribution in [0, 0.1) is 18.8 Å². The molecule has 0 aromatic heterocycles. The van der Waals surface area contributed by atoms with Gasteiger partial charge < -0.3 is 10.5 Å². The van der Waals surface area contributed by atoms with Gasteiger partial charge in [0.25, 0.3) is 0 Å². The molecule has 2 heteroatoms. The molecule has 0 aliphatic heterocycles. The summed E-state index contributed by atoms with van der Waals surface area (Å²) in [5, 5.41) is 0. The van der Waals surface area contributed by atoms with E-state index in [0.29, 0.717) is 5.92 Å². The van der Waals surface area contributed by atoms with E-state index in [1.54, 1.807) is 7.11 Å². The number of ether oxygens (including phenoxy) is 1. The molecule has 1 saturated carbocycles. The molecular weight excluding hydrogens is 186 g/mol. The average Bonchev–Trinajstić information content (AvgIpc) is 2.94. The Morgan fingerprint density at radius 1 is 1.47 bits per heavy atom. The number of hydrogen-bond donors (Lipinski definition) is 1. The molecule has 15 heavy (non-hydrogen) atoms. The SMILES string of the molecule is COc1ccc(C)cc1C(N)C1CC1C. The molecule has 3 unspecified atom stereocenters. The van der Waals surface area contributed by atoms with Crippen molar-refractivity contribution in [2.75, 3.05) is 7.11 Å². The Labute approximate surface area is 91.4 Å². The lowest BCUT2D eigenvalue weighted by Gasteiger charge is -2.16. The van der Waals surface area contributed by atoms with Crippen molar-refractivity contribution in [1.29, 1.82) is 0 Å². The highest BCUT2D eigenvalue weighted by atomic mass is 16.5. The highest BCUT2D eigenvalue weighted by Gasteiger charge is 2.39. The number of aryl methyl sites for hydroxylation is 1. The average molecular weight is 205 g/mol. The van der Waals surface area contributed by atoms with Gasteiger partial charge in [-0.05, 0) is 31.2 Å². The Morgan fingerprint density at radius 3 is 2.67 bits per heavy atom. The molecule has 2 rings (SSSR count). The number of hydrogen-bond acceptors (Lipinski definition) is 2. The largest absolute Gasteiger partial charge is 0.496 e. The third kappa shape index (κ3) is 2.00. The molecule has 1 fully saturated rings. The van der Waals surface area contributed by atoms with Gasteiger partial charge in [0.1, 0.15) is 5.75 Å².